The number of carbonyl (C=O) groups excluding carboxylic acids is 2. The summed E-state index contributed by atoms with van der Waals surface area (Å²) in [5, 5.41) is 2.81. The Balaban J connectivity index is 2.00. The highest BCUT2D eigenvalue weighted by Crippen LogP contribution is 2.29. The van der Waals surface area contributed by atoms with Crippen molar-refractivity contribution in [3.63, 3.8) is 0 Å². The quantitative estimate of drug-likeness (QED) is 0.848. The molecule has 1 saturated carbocycles. The van der Waals surface area contributed by atoms with Crippen molar-refractivity contribution in [2.45, 2.75) is 65.0 Å². The van der Waals surface area contributed by atoms with Gasteiger partial charge in [0.15, 0.2) is 0 Å². The normalized spacial score (nSPS) is 36.3. The summed E-state index contributed by atoms with van der Waals surface area (Å²) < 4.78 is 0. The predicted molar refractivity (Wildman–Crippen MR) is 74.5 cm³/mol. The molecule has 2 aliphatic rings. The van der Waals surface area contributed by atoms with Gasteiger partial charge in [-0.1, -0.05) is 26.7 Å². The second-order valence-electron chi connectivity index (χ2n) is 6.26. The lowest BCUT2D eigenvalue weighted by Crippen LogP contribution is -2.62. The molecule has 2 atom stereocenters. The molecule has 2 amide bonds. The molecule has 1 aliphatic heterocycles. The van der Waals surface area contributed by atoms with Crippen LogP contribution in [-0.4, -0.2) is 35.3 Å². The number of carbonyl (C=O) groups is 2. The molecule has 2 rings (SSSR count). The van der Waals surface area contributed by atoms with Gasteiger partial charge in [0.2, 0.25) is 11.8 Å². The van der Waals surface area contributed by atoms with Crippen molar-refractivity contribution in [2.24, 2.45) is 11.8 Å². The van der Waals surface area contributed by atoms with E-state index in [1.54, 1.807) is 0 Å². The van der Waals surface area contributed by atoms with Crippen molar-refractivity contribution in [1.82, 2.24) is 10.2 Å². The lowest BCUT2D eigenvalue weighted by Gasteiger charge is -2.40. The van der Waals surface area contributed by atoms with Crippen LogP contribution >= 0.6 is 0 Å². The lowest BCUT2D eigenvalue weighted by atomic mass is 9.82. The second-order valence-corrected chi connectivity index (χ2v) is 6.26. The van der Waals surface area contributed by atoms with Crippen LogP contribution in [0.2, 0.25) is 0 Å². The van der Waals surface area contributed by atoms with Crippen LogP contribution in [0.5, 0.6) is 0 Å². The fourth-order valence-corrected chi connectivity index (χ4v) is 3.20. The Hall–Kier alpha value is -1.06. The summed E-state index contributed by atoms with van der Waals surface area (Å²) in [6, 6.07) is -0.624. The SMILES string of the molecule is CCC1NC(=O)C(C)N(CC2CCC(C)CC2)C1=O. The lowest BCUT2D eigenvalue weighted by molar-refractivity contribution is -0.149. The number of piperazine rings is 1. The van der Waals surface area contributed by atoms with Crippen LogP contribution in [0.4, 0.5) is 0 Å². The smallest absolute Gasteiger partial charge is 0.245 e. The van der Waals surface area contributed by atoms with Crippen molar-refractivity contribution in [3.8, 4) is 0 Å². The van der Waals surface area contributed by atoms with Crippen LogP contribution in [0.1, 0.15) is 52.9 Å². The van der Waals surface area contributed by atoms with E-state index in [2.05, 4.69) is 12.2 Å². The first-order valence-electron chi connectivity index (χ1n) is 7.63. The van der Waals surface area contributed by atoms with Gasteiger partial charge in [0.25, 0.3) is 0 Å². The third-order valence-corrected chi connectivity index (χ3v) is 4.74. The maximum Gasteiger partial charge on any atom is 0.245 e. The number of rotatable bonds is 3. The van der Waals surface area contributed by atoms with Crippen molar-refractivity contribution in [2.75, 3.05) is 6.54 Å². The van der Waals surface area contributed by atoms with Crippen molar-refractivity contribution in [3.05, 3.63) is 0 Å². The molecular weight excluding hydrogens is 240 g/mol. The number of hydrogen-bond donors (Lipinski definition) is 1. The fourth-order valence-electron chi connectivity index (χ4n) is 3.20. The van der Waals surface area contributed by atoms with Gasteiger partial charge in [-0.05, 0) is 38.0 Å². The van der Waals surface area contributed by atoms with E-state index in [0.717, 1.165) is 12.5 Å². The van der Waals surface area contributed by atoms with E-state index in [1.165, 1.54) is 25.7 Å². The fraction of sp³-hybridized carbons (Fsp3) is 0.867. The van der Waals surface area contributed by atoms with Crippen LogP contribution in [-0.2, 0) is 9.59 Å². The average molecular weight is 266 g/mol. The summed E-state index contributed by atoms with van der Waals surface area (Å²) in [4.78, 5) is 26.1. The topological polar surface area (TPSA) is 49.4 Å². The summed E-state index contributed by atoms with van der Waals surface area (Å²) in [5.74, 6) is 1.49. The number of nitrogens with zero attached hydrogens (tertiary/aromatic N) is 1. The van der Waals surface area contributed by atoms with Crippen LogP contribution < -0.4 is 5.32 Å². The Bertz CT molecular complexity index is 348. The zero-order valence-corrected chi connectivity index (χ0v) is 12.3. The molecule has 0 radical (unpaired) electrons. The standard InChI is InChI=1S/C15H26N2O2/c1-4-13-15(19)17(11(3)14(18)16-13)9-12-7-5-10(2)6-8-12/h10-13H,4-9H2,1-3H3,(H,16,18). The molecule has 2 fully saturated rings. The summed E-state index contributed by atoms with van der Waals surface area (Å²) in [7, 11) is 0. The first-order valence-corrected chi connectivity index (χ1v) is 7.63. The van der Waals surface area contributed by atoms with Gasteiger partial charge in [0, 0.05) is 6.54 Å². The third kappa shape index (κ3) is 3.10. The van der Waals surface area contributed by atoms with Gasteiger partial charge in [0.05, 0.1) is 0 Å². The van der Waals surface area contributed by atoms with E-state index in [9.17, 15) is 9.59 Å². The van der Waals surface area contributed by atoms with E-state index < -0.39 is 0 Å². The molecule has 4 nitrogen and oxygen atoms in total. The largest absolute Gasteiger partial charge is 0.343 e. The van der Waals surface area contributed by atoms with E-state index in [1.807, 2.05) is 18.7 Å². The molecule has 1 saturated heterocycles. The first kappa shape index (κ1) is 14.4. The highest BCUT2D eigenvalue weighted by atomic mass is 16.2. The van der Waals surface area contributed by atoms with Crippen molar-refractivity contribution < 1.29 is 9.59 Å². The minimum absolute atomic E-state index is 0.00405. The highest BCUT2D eigenvalue weighted by Gasteiger charge is 2.38. The zero-order chi connectivity index (χ0) is 14.0. The maximum absolute atomic E-state index is 12.4. The van der Waals surface area contributed by atoms with Crippen molar-refractivity contribution in [1.29, 1.82) is 0 Å². The number of hydrogen-bond acceptors (Lipinski definition) is 2. The van der Waals surface area contributed by atoms with Gasteiger partial charge in [0.1, 0.15) is 12.1 Å². The van der Waals surface area contributed by atoms with Gasteiger partial charge < -0.3 is 10.2 Å². The summed E-state index contributed by atoms with van der Waals surface area (Å²) in [6.07, 6.45) is 5.57. The molecule has 1 aliphatic carbocycles. The van der Waals surface area contributed by atoms with E-state index in [4.69, 9.17) is 0 Å². The molecule has 19 heavy (non-hydrogen) atoms. The summed E-state index contributed by atoms with van der Waals surface area (Å²) >= 11 is 0. The molecule has 4 heteroatoms. The number of nitrogens with one attached hydrogen (secondary N) is 1. The van der Waals surface area contributed by atoms with E-state index >= 15 is 0 Å². The molecule has 0 aromatic carbocycles. The summed E-state index contributed by atoms with van der Waals surface area (Å²) in [5.41, 5.74) is 0. The monoisotopic (exact) mass is 266 g/mol. The maximum atomic E-state index is 12.4. The van der Waals surface area contributed by atoms with E-state index in [-0.39, 0.29) is 23.9 Å². The second kappa shape index (κ2) is 5.93. The average Bonchev–Trinajstić information content (AvgIpc) is 2.41. The van der Waals surface area contributed by atoms with Gasteiger partial charge in [-0.3, -0.25) is 9.59 Å². The number of amides is 2. The molecule has 1 N–H and O–H groups in total. The zero-order valence-electron chi connectivity index (χ0n) is 12.3. The van der Waals surface area contributed by atoms with Crippen LogP contribution in [0, 0.1) is 11.8 Å². The Morgan fingerprint density at radius 1 is 1.16 bits per heavy atom. The Kier molecular flexibility index (Phi) is 4.48. The first-order chi connectivity index (χ1) is 9.02. The molecule has 1 heterocycles. The van der Waals surface area contributed by atoms with Crippen molar-refractivity contribution >= 4 is 11.8 Å². The van der Waals surface area contributed by atoms with Gasteiger partial charge >= 0.3 is 0 Å². The Morgan fingerprint density at radius 3 is 2.37 bits per heavy atom. The predicted octanol–water partition coefficient (Wildman–Crippen LogP) is 1.94. The molecule has 0 bridgehead atoms. The highest BCUT2D eigenvalue weighted by molar-refractivity contribution is 5.96. The van der Waals surface area contributed by atoms with Gasteiger partial charge in [-0.25, -0.2) is 0 Å². The molecule has 0 aromatic rings. The van der Waals surface area contributed by atoms with Crippen LogP contribution in [0.25, 0.3) is 0 Å². The molecule has 108 valence electrons. The van der Waals surface area contributed by atoms with Gasteiger partial charge in [-0.2, -0.15) is 0 Å². The Morgan fingerprint density at radius 2 is 1.79 bits per heavy atom. The summed E-state index contributed by atoms with van der Waals surface area (Å²) in [6.45, 7) is 6.84. The van der Waals surface area contributed by atoms with Gasteiger partial charge in [-0.15, -0.1) is 0 Å². The molecule has 0 spiro atoms. The minimum Gasteiger partial charge on any atom is -0.343 e. The third-order valence-electron chi connectivity index (χ3n) is 4.74. The van der Waals surface area contributed by atoms with Crippen LogP contribution in [0.15, 0.2) is 0 Å². The van der Waals surface area contributed by atoms with E-state index in [0.29, 0.717) is 12.3 Å². The molecular formula is C15H26N2O2. The minimum atomic E-state index is -0.314. The molecule has 2 unspecified atom stereocenters. The Labute approximate surface area is 115 Å². The molecule has 0 aromatic heterocycles. The van der Waals surface area contributed by atoms with Crippen LogP contribution in [0.3, 0.4) is 0 Å².